The lowest BCUT2D eigenvalue weighted by molar-refractivity contribution is -0.115. The van der Waals surface area contributed by atoms with Gasteiger partial charge < -0.3 is 10.1 Å². The van der Waals surface area contributed by atoms with Gasteiger partial charge in [0, 0.05) is 41.7 Å². The molecule has 0 fully saturated rings. The number of carbonyl (C=O) groups excluding carboxylic acids is 1. The number of fused-ring (bicyclic) bond motifs is 1. The molecule has 0 spiro atoms. The van der Waals surface area contributed by atoms with Crippen LogP contribution < -0.4 is 15.2 Å². The summed E-state index contributed by atoms with van der Waals surface area (Å²) in [4.78, 5) is 15.9. The Morgan fingerprint density at radius 1 is 1.31 bits per heavy atom. The van der Waals surface area contributed by atoms with Crippen molar-refractivity contribution in [3.8, 4) is 11.8 Å². The monoisotopic (exact) mass is 514 g/mol. The van der Waals surface area contributed by atoms with Gasteiger partial charge in [0.1, 0.15) is 22.6 Å². The summed E-state index contributed by atoms with van der Waals surface area (Å²) in [6, 6.07) is 12.7. The van der Waals surface area contributed by atoms with Crippen LogP contribution >= 0.6 is 11.3 Å². The average Bonchev–Trinajstić information content (AvgIpc) is 3.14. The zero-order valence-electron chi connectivity index (χ0n) is 18.9. The Morgan fingerprint density at radius 3 is 2.80 bits per heavy atom. The van der Waals surface area contributed by atoms with Crippen LogP contribution in [0.3, 0.4) is 0 Å². The minimum absolute atomic E-state index is 0.0762. The van der Waals surface area contributed by atoms with Crippen molar-refractivity contribution < 1.29 is 22.3 Å². The molecule has 0 saturated carbocycles. The Hall–Kier alpha value is -3.30. The number of hydrogen-bond donors (Lipinski definition) is 2. The lowest BCUT2D eigenvalue weighted by Crippen LogP contribution is -2.29. The molecule has 0 radical (unpaired) electrons. The van der Waals surface area contributed by atoms with Crippen molar-refractivity contribution >= 4 is 32.3 Å². The van der Waals surface area contributed by atoms with E-state index in [1.807, 2.05) is 6.07 Å². The number of ether oxygens (including phenoxy) is 1. The second-order valence-electron chi connectivity index (χ2n) is 8.15. The van der Waals surface area contributed by atoms with Gasteiger partial charge in [-0.05, 0) is 30.2 Å². The van der Waals surface area contributed by atoms with Crippen molar-refractivity contribution in [1.82, 2.24) is 4.90 Å². The molecule has 1 amide bonds. The third-order valence-electron chi connectivity index (χ3n) is 5.73. The first-order valence-corrected chi connectivity index (χ1v) is 13.0. The number of nitrogens with one attached hydrogen (secondary N) is 1. The number of rotatable bonds is 7. The lowest BCUT2D eigenvalue weighted by Gasteiger charge is -2.27. The summed E-state index contributed by atoms with van der Waals surface area (Å²) >= 11 is 1.38. The summed E-state index contributed by atoms with van der Waals surface area (Å²) < 4.78 is 41.9. The molecule has 2 aromatic carbocycles. The molecule has 182 valence electrons. The molecule has 4 rings (SSSR count). The summed E-state index contributed by atoms with van der Waals surface area (Å²) in [7, 11) is -2.53. The van der Waals surface area contributed by atoms with Gasteiger partial charge >= 0.3 is 0 Å². The topological polar surface area (TPSA) is 126 Å². The molecule has 35 heavy (non-hydrogen) atoms. The van der Waals surface area contributed by atoms with Gasteiger partial charge in [0.25, 0.3) is 0 Å². The Bertz CT molecular complexity index is 1430. The number of benzene rings is 2. The van der Waals surface area contributed by atoms with Crippen molar-refractivity contribution in [1.29, 1.82) is 5.26 Å². The third-order valence-corrected chi connectivity index (χ3v) is 7.84. The third kappa shape index (κ3) is 5.68. The highest BCUT2D eigenvalue weighted by molar-refractivity contribution is 7.89. The van der Waals surface area contributed by atoms with Gasteiger partial charge in [-0.25, -0.2) is 17.9 Å². The van der Waals surface area contributed by atoms with E-state index in [2.05, 4.69) is 16.3 Å². The minimum atomic E-state index is -3.90. The number of anilines is 1. The molecule has 3 N–H and O–H groups in total. The fraction of sp³-hybridized carbons (Fsp3) is 0.250. The summed E-state index contributed by atoms with van der Waals surface area (Å²) in [5.41, 5.74) is 2.65. The van der Waals surface area contributed by atoms with Crippen LogP contribution in [0.15, 0.2) is 47.4 Å². The molecule has 0 atom stereocenters. The second kappa shape index (κ2) is 10.1. The smallest absolute Gasteiger partial charge is 0.238 e. The minimum Gasteiger partial charge on any atom is -0.496 e. The molecular formula is C24H23FN4O4S2. The first kappa shape index (κ1) is 24.8. The number of halogens is 1. The fourth-order valence-corrected chi connectivity index (χ4v) is 5.76. The SMILES string of the molecule is COc1cc(S(N)(=O)=O)ccc1CC(=O)Nc1sc2c(c1C#N)CN(Cc1cccc(F)c1)CC2. The molecule has 8 nitrogen and oxygen atoms in total. The van der Waals surface area contributed by atoms with Crippen LogP contribution in [-0.4, -0.2) is 32.9 Å². The molecule has 3 aromatic rings. The first-order valence-electron chi connectivity index (χ1n) is 10.7. The molecule has 1 aromatic heterocycles. The van der Waals surface area contributed by atoms with E-state index in [-0.39, 0.29) is 28.8 Å². The maximum absolute atomic E-state index is 13.5. The van der Waals surface area contributed by atoms with Gasteiger partial charge in [-0.1, -0.05) is 18.2 Å². The zero-order valence-corrected chi connectivity index (χ0v) is 20.5. The van der Waals surface area contributed by atoms with Crippen LogP contribution in [0.2, 0.25) is 0 Å². The number of nitrogens with zero attached hydrogens (tertiary/aromatic N) is 2. The van der Waals surface area contributed by atoms with Crippen molar-refractivity contribution in [2.24, 2.45) is 5.14 Å². The Labute approximate surface area is 206 Å². The van der Waals surface area contributed by atoms with Gasteiger partial charge in [0.15, 0.2) is 0 Å². The summed E-state index contributed by atoms with van der Waals surface area (Å²) in [6.07, 6.45) is 0.649. The number of nitrogens with two attached hydrogens (primary N) is 1. The molecule has 11 heteroatoms. The molecule has 0 unspecified atom stereocenters. The van der Waals surface area contributed by atoms with Gasteiger partial charge in [-0.3, -0.25) is 9.69 Å². The highest BCUT2D eigenvalue weighted by Crippen LogP contribution is 2.37. The maximum atomic E-state index is 13.5. The van der Waals surface area contributed by atoms with E-state index >= 15 is 0 Å². The summed E-state index contributed by atoms with van der Waals surface area (Å²) in [5.74, 6) is -0.418. The molecule has 0 aliphatic carbocycles. The van der Waals surface area contributed by atoms with Crippen LogP contribution in [-0.2, 0) is 40.7 Å². The van der Waals surface area contributed by atoms with Gasteiger partial charge in [-0.2, -0.15) is 5.26 Å². The average molecular weight is 515 g/mol. The van der Waals surface area contributed by atoms with Crippen LogP contribution in [0.4, 0.5) is 9.39 Å². The Kier molecular flexibility index (Phi) is 7.18. The molecule has 0 saturated heterocycles. The number of methoxy groups -OCH3 is 1. The van der Waals surface area contributed by atoms with Crippen LogP contribution in [0.25, 0.3) is 0 Å². The van der Waals surface area contributed by atoms with E-state index in [9.17, 15) is 22.9 Å². The summed E-state index contributed by atoms with van der Waals surface area (Å²) in [5, 5.41) is 18.3. The number of carbonyl (C=O) groups is 1. The number of nitriles is 1. The number of hydrogen-bond acceptors (Lipinski definition) is 7. The molecular weight excluding hydrogens is 491 g/mol. The van der Waals surface area contributed by atoms with Gasteiger partial charge in [0.05, 0.1) is 24.0 Å². The number of sulfonamides is 1. The first-order chi connectivity index (χ1) is 16.7. The highest BCUT2D eigenvalue weighted by Gasteiger charge is 2.26. The predicted octanol–water partition coefficient (Wildman–Crippen LogP) is 3.15. The fourth-order valence-electron chi connectivity index (χ4n) is 4.07. The molecule has 1 aliphatic rings. The van der Waals surface area contributed by atoms with E-state index < -0.39 is 10.0 Å². The highest BCUT2D eigenvalue weighted by atomic mass is 32.2. The van der Waals surface area contributed by atoms with Crippen LogP contribution in [0, 0.1) is 17.1 Å². The molecule has 0 bridgehead atoms. The normalized spacial score (nSPS) is 13.7. The van der Waals surface area contributed by atoms with E-state index in [0.717, 1.165) is 29.0 Å². The van der Waals surface area contributed by atoms with Crippen molar-refractivity contribution in [3.63, 3.8) is 0 Å². The quantitative estimate of drug-likeness (QED) is 0.499. The Balaban J connectivity index is 1.49. The summed E-state index contributed by atoms with van der Waals surface area (Å²) in [6.45, 7) is 1.85. The van der Waals surface area contributed by atoms with E-state index in [4.69, 9.17) is 9.88 Å². The Morgan fingerprint density at radius 2 is 2.11 bits per heavy atom. The lowest BCUT2D eigenvalue weighted by atomic mass is 10.0. The molecule has 1 aliphatic heterocycles. The van der Waals surface area contributed by atoms with Gasteiger partial charge in [-0.15, -0.1) is 11.3 Å². The predicted molar refractivity (Wildman–Crippen MR) is 130 cm³/mol. The van der Waals surface area contributed by atoms with E-state index in [1.165, 1.54) is 48.8 Å². The standard InChI is InChI=1S/C24H23FN4O4S2/c1-33-21-11-18(35(27,31)32)6-5-16(21)10-23(30)28-24-19(12-26)20-14-29(8-7-22(20)34-24)13-15-3-2-4-17(25)9-15/h2-6,9,11H,7-8,10,13-14H2,1H3,(H,28,30)(H2,27,31,32). The van der Waals surface area contributed by atoms with E-state index in [1.54, 1.807) is 6.07 Å². The van der Waals surface area contributed by atoms with Crippen molar-refractivity contribution in [2.75, 3.05) is 19.0 Å². The van der Waals surface area contributed by atoms with Gasteiger partial charge in [0.2, 0.25) is 15.9 Å². The number of amides is 1. The molecule has 2 heterocycles. The number of thiophene rings is 1. The van der Waals surface area contributed by atoms with Crippen molar-refractivity contribution in [3.05, 3.63) is 75.4 Å². The zero-order chi connectivity index (χ0) is 25.2. The second-order valence-corrected chi connectivity index (χ2v) is 10.8. The number of primary sulfonamides is 1. The largest absolute Gasteiger partial charge is 0.496 e. The van der Waals surface area contributed by atoms with Crippen LogP contribution in [0.5, 0.6) is 5.75 Å². The van der Waals surface area contributed by atoms with Crippen LogP contribution in [0.1, 0.15) is 27.1 Å². The van der Waals surface area contributed by atoms with Crippen molar-refractivity contribution in [2.45, 2.75) is 30.8 Å². The maximum Gasteiger partial charge on any atom is 0.238 e. The van der Waals surface area contributed by atoms with E-state index in [0.29, 0.717) is 29.2 Å².